The summed E-state index contributed by atoms with van der Waals surface area (Å²) in [6.45, 7) is 0. The minimum Gasteiger partial charge on any atom is -0.192 e. The Morgan fingerprint density at radius 1 is 0.938 bits per heavy atom. The molecule has 0 unspecified atom stereocenters. The van der Waals surface area contributed by atoms with Gasteiger partial charge in [0.2, 0.25) is 0 Å². The largest absolute Gasteiger partial charge is 0.192 e. The van der Waals surface area contributed by atoms with Crippen LogP contribution in [-0.4, -0.2) is 0 Å². The SMILES string of the molecule is N#Cc1ccc(C2CCCCC2)cc1C#N. The van der Waals surface area contributed by atoms with E-state index < -0.39 is 0 Å². The molecule has 1 aliphatic rings. The van der Waals surface area contributed by atoms with Crippen LogP contribution in [0.2, 0.25) is 0 Å². The van der Waals surface area contributed by atoms with Crippen molar-refractivity contribution in [1.29, 1.82) is 10.5 Å². The van der Waals surface area contributed by atoms with E-state index in [2.05, 4.69) is 12.1 Å². The van der Waals surface area contributed by atoms with E-state index in [1.54, 1.807) is 6.07 Å². The van der Waals surface area contributed by atoms with Crippen LogP contribution in [0.1, 0.15) is 54.7 Å². The highest BCUT2D eigenvalue weighted by Gasteiger charge is 2.16. The summed E-state index contributed by atoms with van der Waals surface area (Å²) in [4.78, 5) is 0. The van der Waals surface area contributed by atoms with Gasteiger partial charge in [0.25, 0.3) is 0 Å². The smallest absolute Gasteiger partial charge is 0.101 e. The van der Waals surface area contributed by atoms with Crippen molar-refractivity contribution in [2.75, 3.05) is 0 Å². The van der Waals surface area contributed by atoms with Gasteiger partial charge in [-0.1, -0.05) is 25.3 Å². The maximum absolute atomic E-state index is 8.97. The number of nitrogens with zero attached hydrogens (tertiary/aromatic N) is 2. The molecule has 0 spiro atoms. The van der Waals surface area contributed by atoms with Crippen molar-refractivity contribution in [3.63, 3.8) is 0 Å². The molecule has 1 fully saturated rings. The van der Waals surface area contributed by atoms with Crippen LogP contribution in [0.25, 0.3) is 0 Å². The molecular weight excluding hydrogens is 196 g/mol. The first-order valence-electron chi connectivity index (χ1n) is 5.79. The van der Waals surface area contributed by atoms with E-state index in [-0.39, 0.29) is 0 Å². The molecule has 1 aromatic carbocycles. The van der Waals surface area contributed by atoms with E-state index in [1.165, 1.54) is 37.7 Å². The summed E-state index contributed by atoms with van der Waals surface area (Å²) in [5.74, 6) is 0.591. The molecule has 16 heavy (non-hydrogen) atoms. The molecule has 0 heterocycles. The maximum atomic E-state index is 8.97. The fourth-order valence-corrected chi connectivity index (χ4v) is 2.44. The summed E-state index contributed by atoms with van der Waals surface area (Å²) in [6.07, 6.45) is 6.34. The van der Waals surface area contributed by atoms with Crippen LogP contribution in [0.3, 0.4) is 0 Å². The Morgan fingerprint density at radius 2 is 1.62 bits per heavy atom. The van der Waals surface area contributed by atoms with Gasteiger partial charge in [-0.15, -0.1) is 0 Å². The Kier molecular flexibility index (Phi) is 3.22. The van der Waals surface area contributed by atoms with Gasteiger partial charge in [0.05, 0.1) is 11.1 Å². The van der Waals surface area contributed by atoms with Gasteiger partial charge in [-0.3, -0.25) is 0 Å². The second-order valence-corrected chi connectivity index (χ2v) is 4.36. The number of hydrogen-bond donors (Lipinski definition) is 0. The van der Waals surface area contributed by atoms with Crippen LogP contribution in [0, 0.1) is 22.7 Å². The van der Waals surface area contributed by atoms with Crippen LogP contribution in [0.5, 0.6) is 0 Å². The molecule has 0 N–H and O–H groups in total. The first-order valence-corrected chi connectivity index (χ1v) is 5.79. The van der Waals surface area contributed by atoms with E-state index in [0.29, 0.717) is 17.0 Å². The lowest BCUT2D eigenvalue weighted by Crippen LogP contribution is -2.05. The maximum Gasteiger partial charge on any atom is 0.101 e. The molecule has 0 bridgehead atoms. The molecule has 1 aliphatic carbocycles. The van der Waals surface area contributed by atoms with Gasteiger partial charge < -0.3 is 0 Å². The van der Waals surface area contributed by atoms with Crippen molar-refractivity contribution >= 4 is 0 Å². The molecule has 2 nitrogen and oxygen atoms in total. The van der Waals surface area contributed by atoms with E-state index in [0.717, 1.165) is 0 Å². The lowest BCUT2D eigenvalue weighted by molar-refractivity contribution is 0.443. The zero-order chi connectivity index (χ0) is 11.4. The second-order valence-electron chi connectivity index (χ2n) is 4.36. The highest BCUT2D eigenvalue weighted by Crippen LogP contribution is 2.33. The zero-order valence-electron chi connectivity index (χ0n) is 9.24. The summed E-state index contributed by atoms with van der Waals surface area (Å²) < 4.78 is 0. The molecule has 0 saturated heterocycles. The van der Waals surface area contributed by atoms with Crippen LogP contribution in [-0.2, 0) is 0 Å². The van der Waals surface area contributed by atoms with Crippen molar-refractivity contribution in [2.45, 2.75) is 38.0 Å². The molecule has 0 radical (unpaired) electrons. The van der Waals surface area contributed by atoms with Crippen molar-refractivity contribution in [1.82, 2.24) is 0 Å². The Balaban J connectivity index is 2.29. The summed E-state index contributed by atoms with van der Waals surface area (Å²) >= 11 is 0. The van der Waals surface area contributed by atoms with Crippen LogP contribution in [0.4, 0.5) is 0 Å². The minimum absolute atomic E-state index is 0.488. The lowest BCUT2D eigenvalue weighted by atomic mass is 9.83. The lowest BCUT2D eigenvalue weighted by Gasteiger charge is -2.22. The van der Waals surface area contributed by atoms with Crippen molar-refractivity contribution < 1.29 is 0 Å². The fourth-order valence-electron chi connectivity index (χ4n) is 2.44. The third-order valence-electron chi connectivity index (χ3n) is 3.36. The monoisotopic (exact) mass is 210 g/mol. The molecular formula is C14H14N2. The molecule has 2 heteroatoms. The third kappa shape index (κ3) is 2.07. The number of hydrogen-bond acceptors (Lipinski definition) is 2. The van der Waals surface area contributed by atoms with Gasteiger partial charge in [-0.05, 0) is 36.5 Å². The molecule has 0 aliphatic heterocycles. The summed E-state index contributed by atoms with van der Waals surface area (Å²) in [5.41, 5.74) is 2.24. The van der Waals surface area contributed by atoms with Gasteiger partial charge in [-0.2, -0.15) is 10.5 Å². The Bertz CT molecular complexity index is 457. The van der Waals surface area contributed by atoms with Crippen LogP contribution >= 0.6 is 0 Å². The molecule has 0 amide bonds. The topological polar surface area (TPSA) is 47.6 Å². The zero-order valence-corrected chi connectivity index (χ0v) is 9.24. The third-order valence-corrected chi connectivity index (χ3v) is 3.36. The molecule has 1 aromatic rings. The average Bonchev–Trinajstić information content (AvgIpc) is 2.39. The van der Waals surface area contributed by atoms with Crippen molar-refractivity contribution in [2.24, 2.45) is 0 Å². The predicted octanol–water partition coefficient (Wildman–Crippen LogP) is 3.48. The quantitative estimate of drug-likeness (QED) is 0.712. The highest BCUT2D eigenvalue weighted by atomic mass is 14.3. The molecule has 2 rings (SSSR count). The van der Waals surface area contributed by atoms with E-state index in [4.69, 9.17) is 10.5 Å². The number of rotatable bonds is 1. The van der Waals surface area contributed by atoms with Gasteiger partial charge in [-0.25, -0.2) is 0 Å². The van der Waals surface area contributed by atoms with E-state index >= 15 is 0 Å². The van der Waals surface area contributed by atoms with E-state index in [9.17, 15) is 0 Å². The van der Waals surface area contributed by atoms with Gasteiger partial charge in [0.15, 0.2) is 0 Å². The van der Waals surface area contributed by atoms with Crippen molar-refractivity contribution in [3.05, 3.63) is 34.9 Å². The summed E-state index contributed by atoms with van der Waals surface area (Å²) in [6, 6.07) is 9.84. The standard InChI is InChI=1S/C14H14N2/c15-9-13-7-6-12(8-14(13)10-16)11-4-2-1-3-5-11/h6-8,11H,1-5H2. The molecule has 0 atom stereocenters. The van der Waals surface area contributed by atoms with Gasteiger partial charge >= 0.3 is 0 Å². The summed E-state index contributed by atoms with van der Waals surface area (Å²) in [7, 11) is 0. The fraction of sp³-hybridized carbons (Fsp3) is 0.429. The van der Waals surface area contributed by atoms with Crippen LogP contribution in [0.15, 0.2) is 18.2 Å². The van der Waals surface area contributed by atoms with Crippen molar-refractivity contribution in [3.8, 4) is 12.1 Å². The summed E-state index contributed by atoms with van der Waals surface area (Å²) in [5, 5.41) is 17.8. The molecule has 1 saturated carbocycles. The normalized spacial score (nSPS) is 16.4. The van der Waals surface area contributed by atoms with E-state index in [1.807, 2.05) is 12.1 Å². The second kappa shape index (κ2) is 4.81. The molecule has 0 aromatic heterocycles. The number of benzene rings is 1. The minimum atomic E-state index is 0.488. The first kappa shape index (κ1) is 10.7. The Labute approximate surface area is 96.1 Å². The molecule has 80 valence electrons. The predicted molar refractivity (Wildman–Crippen MR) is 61.7 cm³/mol. The first-order chi connectivity index (χ1) is 7.85. The highest BCUT2D eigenvalue weighted by molar-refractivity contribution is 5.48. The van der Waals surface area contributed by atoms with Crippen LogP contribution < -0.4 is 0 Å². The Morgan fingerprint density at radius 3 is 2.25 bits per heavy atom. The van der Waals surface area contributed by atoms with Gasteiger partial charge in [0.1, 0.15) is 12.1 Å². The number of nitriles is 2. The Hall–Kier alpha value is -1.80. The van der Waals surface area contributed by atoms with Gasteiger partial charge in [0, 0.05) is 0 Å². The average molecular weight is 210 g/mol.